The predicted molar refractivity (Wildman–Crippen MR) is 106 cm³/mol. The molecule has 0 aliphatic rings. The highest BCUT2D eigenvalue weighted by atomic mass is 32.1. The van der Waals surface area contributed by atoms with Crippen LogP contribution in [-0.4, -0.2) is 25.1 Å². The van der Waals surface area contributed by atoms with Crippen molar-refractivity contribution in [1.82, 2.24) is 0 Å². The zero-order chi connectivity index (χ0) is 19.8. The molecule has 1 heterocycles. The second-order valence-corrected chi connectivity index (χ2v) is 6.58. The largest absolute Gasteiger partial charge is 0.482 e. The summed E-state index contributed by atoms with van der Waals surface area (Å²) in [4.78, 5) is 23.6. The topological polar surface area (TPSA) is 88.4 Å². The van der Waals surface area contributed by atoms with Crippen molar-refractivity contribution in [2.75, 3.05) is 18.5 Å². The van der Waals surface area contributed by atoms with E-state index in [1.165, 1.54) is 11.3 Å². The first-order valence-electron chi connectivity index (χ1n) is 8.37. The molecule has 7 heteroatoms. The quantitative estimate of drug-likeness (QED) is 0.617. The van der Waals surface area contributed by atoms with Gasteiger partial charge in [-0.2, -0.15) is 5.26 Å². The molecule has 3 rings (SSSR count). The van der Waals surface area contributed by atoms with Gasteiger partial charge in [0.2, 0.25) is 0 Å². The van der Waals surface area contributed by atoms with Crippen LogP contribution in [0.15, 0.2) is 66.0 Å². The van der Waals surface area contributed by atoms with Crippen molar-refractivity contribution in [2.45, 2.75) is 0 Å². The molecule has 1 aromatic heterocycles. The highest BCUT2D eigenvalue weighted by Crippen LogP contribution is 2.23. The SMILES string of the molecule is N#Cc1ccsc1NC(=O)COC(=O)COc1ccc(-c2ccccc2)cc1. The van der Waals surface area contributed by atoms with Gasteiger partial charge in [0.05, 0.1) is 5.56 Å². The molecule has 6 nitrogen and oxygen atoms in total. The number of thiophene rings is 1. The maximum absolute atomic E-state index is 11.8. The summed E-state index contributed by atoms with van der Waals surface area (Å²) in [7, 11) is 0. The number of carbonyl (C=O) groups is 2. The number of benzene rings is 2. The van der Waals surface area contributed by atoms with Crippen LogP contribution in [0.4, 0.5) is 5.00 Å². The number of nitrogens with one attached hydrogen (secondary N) is 1. The number of hydrogen-bond acceptors (Lipinski definition) is 6. The van der Waals surface area contributed by atoms with E-state index in [-0.39, 0.29) is 6.61 Å². The van der Waals surface area contributed by atoms with Gasteiger partial charge >= 0.3 is 5.97 Å². The molecule has 0 unspecified atom stereocenters. The van der Waals surface area contributed by atoms with Crippen LogP contribution in [0, 0.1) is 11.3 Å². The molecule has 0 saturated heterocycles. The van der Waals surface area contributed by atoms with Crippen molar-refractivity contribution in [1.29, 1.82) is 5.26 Å². The molecule has 0 spiro atoms. The molecule has 28 heavy (non-hydrogen) atoms. The maximum atomic E-state index is 11.8. The zero-order valence-corrected chi connectivity index (χ0v) is 15.6. The third-order valence-electron chi connectivity index (χ3n) is 3.72. The van der Waals surface area contributed by atoms with E-state index in [2.05, 4.69) is 5.32 Å². The number of nitriles is 1. The molecule has 140 valence electrons. The van der Waals surface area contributed by atoms with Crippen LogP contribution < -0.4 is 10.1 Å². The van der Waals surface area contributed by atoms with Crippen molar-refractivity contribution in [2.24, 2.45) is 0 Å². The fraction of sp³-hybridized carbons (Fsp3) is 0.0952. The average Bonchev–Trinajstić information content (AvgIpc) is 3.18. The molecular weight excluding hydrogens is 376 g/mol. The molecule has 0 saturated carbocycles. The second-order valence-electron chi connectivity index (χ2n) is 5.66. The van der Waals surface area contributed by atoms with E-state index in [0.29, 0.717) is 16.3 Å². The van der Waals surface area contributed by atoms with E-state index in [1.807, 2.05) is 48.5 Å². The van der Waals surface area contributed by atoms with Gasteiger partial charge in [-0.15, -0.1) is 11.3 Å². The molecule has 0 aliphatic carbocycles. The molecule has 0 bridgehead atoms. The van der Waals surface area contributed by atoms with Crippen molar-refractivity contribution < 1.29 is 19.1 Å². The van der Waals surface area contributed by atoms with Crippen LogP contribution in [0.1, 0.15) is 5.56 Å². The fourth-order valence-corrected chi connectivity index (χ4v) is 3.11. The number of nitrogens with zero attached hydrogens (tertiary/aromatic N) is 1. The van der Waals surface area contributed by atoms with E-state index in [0.717, 1.165) is 11.1 Å². The van der Waals surface area contributed by atoms with E-state index in [1.54, 1.807) is 23.6 Å². The van der Waals surface area contributed by atoms with E-state index >= 15 is 0 Å². The van der Waals surface area contributed by atoms with Crippen LogP contribution in [0.5, 0.6) is 5.75 Å². The highest BCUT2D eigenvalue weighted by molar-refractivity contribution is 7.14. The number of amides is 1. The van der Waals surface area contributed by atoms with Crippen LogP contribution in [0.3, 0.4) is 0 Å². The summed E-state index contributed by atoms with van der Waals surface area (Å²) < 4.78 is 10.3. The second kappa shape index (κ2) is 9.35. The van der Waals surface area contributed by atoms with E-state index in [4.69, 9.17) is 14.7 Å². The Balaban J connectivity index is 1.43. The standard InChI is InChI=1S/C21H16N2O4S/c22-12-17-10-11-28-21(17)23-19(24)13-27-20(25)14-26-18-8-6-16(7-9-18)15-4-2-1-3-5-15/h1-11H,13-14H2,(H,23,24). The van der Waals surface area contributed by atoms with Gasteiger partial charge in [-0.05, 0) is 34.7 Å². The highest BCUT2D eigenvalue weighted by Gasteiger charge is 2.11. The Kier molecular flexibility index (Phi) is 6.39. The summed E-state index contributed by atoms with van der Waals surface area (Å²) in [6.07, 6.45) is 0. The lowest BCUT2D eigenvalue weighted by molar-refractivity contribution is -0.149. The molecule has 0 atom stereocenters. The predicted octanol–water partition coefficient (Wildman–Crippen LogP) is 3.85. The average molecular weight is 392 g/mol. The summed E-state index contributed by atoms with van der Waals surface area (Å²) in [5, 5.41) is 13.6. The van der Waals surface area contributed by atoms with Gasteiger partial charge in [-0.3, -0.25) is 4.79 Å². The number of ether oxygens (including phenoxy) is 2. The first kappa shape index (κ1) is 19.1. The summed E-state index contributed by atoms with van der Waals surface area (Å²) in [5.74, 6) is -0.646. The van der Waals surface area contributed by atoms with E-state index < -0.39 is 18.5 Å². The molecule has 3 aromatic rings. The molecular formula is C21H16N2O4S. The van der Waals surface area contributed by atoms with Crippen molar-refractivity contribution in [3.05, 3.63) is 71.6 Å². The molecule has 1 amide bonds. The van der Waals surface area contributed by atoms with Crippen LogP contribution in [0.2, 0.25) is 0 Å². The van der Waals surface area contributed by atoms with Gasteiger partial charge in [0.25, 0.3) is 5.91 Å². The van der Waals surface area contributed by atoms with Gasteiger partial charge in [0.1, 0.15) is 16.8 Å². The Morgan fingerprint density at radius 2 is 1.68 bits per heavy atom. The maximum Gasteiger partial charge on any atom is 0.344 e. The van der Waals surface area contributed by atoms with Crippen molar-refractivity contribution in [3.8, 4) is 22.9 Å². The monoisotopic (exact) mass is 392 g/mol. The first-order valence-corrected chi connectivity index (χ1v) is 9.25. The zero-order valence-electron chi connectivity index (χ0n) is 14.8. The van der Waals surface area contributed by atoms with Gasteiger partial charge in [0.15, 0.2) is 13.2 Å². The Morgan fingerprint density at radius 1 is 0.964 bits per heavy atom. The van der Waals surface area contributed by atoms with Crippen LogP contribution in [0.25, 0.3) is 11.1 Å². The lowest BCUT2D eigenvalue weighted by Gasteiger charge is -2.08. The lowest BCUT2D eigenvalue weighted by atomic mass is 10.1. The van der Waals surface area contributed by atoms with Gasteiger partial charge in [-0.25, -0.2) is 4.79 Å². The molecule has 0 fully saturated rings. The lowest BCUT2D eigenvalue weighted by Crippen LogP contribution is -2.23. The Hall–Kier alpha value is -3.63. The van der Waals surface area contributed by atoms with Crippen molar-refractivity contribution >= 4 is 28.2 Å². The number of hydrogen-bond donors (Lipinski definition) is 1. The number of anilines is 1. The van der Waals surface area contributed by atoms with Crippen LogP contribution >= 0.6 is 11.3 Å². The van der Waals surface area contributed by atoms with Crippen molar-refractivity contribution in [3.63, 3.8) is 0 Å². The number of esters is 1. The van der Waals surface area contributed by atoms with Gasteiger partial charge in [-0.1, -0.05) is 42.5 Å². The number of rotatable bonds is 7. The minimum Gasteiger partial charge on any atom is -0.482 e. The smallest absolute Gasteiger partial charge is 0.344 e. The molecule has 2 aromatic carbocycles. The minimum atomic E-state index is -0.658. The third-order valence-corrected chi connectivity index (χ3v) is 4.55. The molecule has 0 radical (unpaired) electrons. The number of carbonyl (C=O) groups excluding carboxylic acids is 2. The van der Waals surface area contributed by atoms with Gasteiger partial charge < -0.3 is 14.8 Å². The van der Waals surface area contributed by atoms with E-state index in [9.17, 15) is 9.59 Å². The fourth-order valence-electron chi connectivity index (χ4n) is 2.36. The third kappa shape index (κ3) is 5.19. The summed E-state index contributed by atoms with van der Waals surface area (Å²) >= 11 is 1.22. The Bertz CT molecular complexity index is 991. The molecule has 1 N–H and O–H groups in total. The molecule has 0 aliphatic heterocycles. The summed E-state index contributed by atoms with van der Waals surface area (Å²) in [6.45, 7) is -0.752. The van der Waals surface area contributed by atoms with Crippen LogP contribution in [-0.2, 0) is 14.3 Å². The Labute approximate surface area is 166 Å². The minimum absolute atomic E-state index is 0.305. The summed E-state index contributed by atoms with van der Waals surface area (Å²) in [6, 6.07) is 20.8. The normalized spacial score (nSPS) is 9.96. The summed E-state index contributed by atoms with van der Waals surface area (Å²) in [5.41, 5.74) is 2.49. The first-order chi connectivity index (χ1) is 13.7. The van der Waals surface area contributed by atoms with Gasteiger partial charge in [0, 0.05) is 0 Å². The Morgan fingerprint density at radius 3 is 2.39 bits per heavy atom.